The summed E-state index contributed by atoms with van der Waals surface area (Å²) in [6, 6.07) is 9.02. The van der Waals surface area contributed by atoms with Crippen molar-refractivity contribution in [3.63, 3.8) is 0 Å². The summed E-state index contributed by atoms with van der Waals surface area (Å²) in [4.78, 5) is 13.3. The number of ether oxygens (including phenoxy) is 3. The Hall–Kier alpha value is -2.35. The number of benzene rings is 1. The fourth-order valence-electron chi connectivity index (χ4n) is 7.56. The average Bonchev–Trinajstić information content (AvgIpc) is 3.56. The molecule has 1 spiro atoms. The van der Waals surface area contributed by atoms with Gasteiger partial charge in [0.05, 0.1) is 24.2 Å². The maximum absolute atomic E-state index is 13.3. The van der Waals surface area contributed by atoms with Gasteiger partial charge >= 0.3 is 5.63 Å². The number of aliphatic hydroxyl groups is 2. The van der Waals surface area contributed by atoms with E-state index >= 15 is 0 Å². The zero-order valence-corrected chi connectivity index (χ0v) is 20.3. The van der Waals surface area contributed by atoms with E-state index in [-0.39, 0.29) is 0 Å². The maximum atomic E-state index is 13.3. The Balaban J connectivity index is 1.49. The van der Waals surface area contributed by atoms with Crippen molar-refractivity contribution in [1.29, 1.82) is 0 Å². The zero-order valence-electron chi connectivity index (χ0n) is 20.3. The predicted octanol–water partition coefficient (Wildman–Crippen LogP) is 3.99. The largest absolute Gasteiger partial charge is 0.497 e. The Kier molecular flexibility index (Phi) is 4.20. The lowest BCUT2D eigenvalue weighted by Crippen LogP contribution is -2.78. The quantitative estimate of drug-likeness (QED) is 0.643. The molecule has 0 unspecified atom stereocenters. The predicted molar refractivity (Wildman–Crippen MR) is 124 cm³/mol. The van der Waals surface area contributed by atoms with Crippen LogP contribution in [0.25, 0.3) is 11.3 Å². The van der Waals surface area contributed by atoms with Gasteiger partial charge in [-0.05, 0) is 62.3 Å². The van der Waals surface area contributed by atoms with Crippen molar-refractivity contribution in [2.75, 3.05) is 7.11 Å². The van der Waals surface area contributed by atoms with Gasteiger partial charge in [0.15, 0.2) is 0 Å². The smallest absolute Gasteiger partial charge is 0.346 e. The molecule has 1 saturated heterocycles. The Morgan fingerprint density at radius 3 is 2.44 bits per heavy atom. The number of hydrogen-bond donors (Lipinski definition) is 2. The van der Waals surface area contributed by atoms with Crippen molar-refractivity contribution in [2.24, 2.45) is 10.8 Å². The van der Waals surface area contributed by atoms with Crippen LogP contribution >= 0.6 is 0 Å². The van der Waals surface area contributed by atoms with Crippen LogP contribution < -0.4 is 15.1 Å². The molecule has 182 valence electrons. The minimum absolute atomic E-state index is 0.329. The van der Waals surface area contributed by atoms with Crippen LogP contribution in [0, 0.1) is 10.8 Å². The second-order valence-corrected chi connectivity index (χ2v) is 11.5. The van der Waals surface area contributed by atoms with E-state index in [4.69, 9.17) is 18.6 Å². The first kappa shape index (κ1) is 22.1. The number of epoxide rings is 1. The summed E-state index contributed by atoms with van der Waals surface area (Å²) in [6.07, 6.45) is 0.890. The van der Waals surface area contributed by atoms with Gasteiger partial charge in [-0.1, -0.05) is 20.8 Å². The van der Waals surface area contributed by atoms with E-state index in [2.05, 4.69) is 13.8 Å². The van der Waals surface area contributed by atoms with Crippen LogP contribution in [-0.2, 0) is 4.74 Å². The lowest BCUT2D eigenvalue weighted by molar-refractivity contribution is -0.298. The van der Waals surface area contributed by atoms with Crippen LogP contribution in [-0.4, -0.2) is 40.2 Å². The minimum Gasteiger partial charge on any atom is -0.497 e. The standard InChI is InChI=1S/C27H32O7/c1-23(2)11-10-19(28)25(4)26(23,30)13-12-24(3)27(25)21(34-27)20-18(33-24)14-17(32-22(20)29)15-6-8-16(31-5)9-7-15/h6-9,14,19,21,28,30H,10-13H2,1-5H3/t19-,21+,24-,25+,26-,27+/m1/s1. The van der Waals surface area contributed by atoms with Crippen LogP contribution in [0.3, 0.4) is 0 Å². The summed E-state index contributed by atoms with van der Waals surface area (Å²) < 4.78 is 24.0. The second kappa shape index (κ2) is 6.45. The van der Waals surface area contributed by atoms with Crippen molar-refractivity contribution in [3.05, 3.63) is 46.3 Å². The van der Waals surface area contributed by atoms with Gasteiger partial charge < -0.3 is 28.8 Å². The molecule has 0 radical (unpaired) electrons. The summed E-state index contributed by atoms with van der Waals surface area (Å²) in [5, 5.41) is 23.5. The number of fused-ring (bicyclic) bond motifs is 3. The molecule has 7 nitrogen and oxygen atoms in total. The molecular weight excluding hydrogens is 436 g/mol. The third kappa shape index (κ3) is 2.31. The fraction of sp³-hybridized carbons (Fsp3) is 0.593. The van der Waals surface area contributed by atoms with Gasteiger partial charge in [0.2, 0.25) is 0 Å². The SMILES string of the molecule is COc1ccc(-c2cc3c(c(=O)o2)[C@@H]2O[C@@]24[C@@]2(C)[C@H](O)CCC(C)(C)[C@]2(O)CC[C@@]4(C)O3)cc1. The highest BCUT2D eigenvalue weighted by atomic mass is 16.7. The Morgan fingerprint density at radius 2 is 1.76 bits per heavy atom. The van der Waals surface area contributed by atoms with E-state index in [9.17, 15) is 15.0 Å². The van der Waals surface area contributed by atoms with Gasteiger partial charge in [-0.2, -0.15) is 0 Å². The molecule has 2 aliphatic heterocycles. The van der Waals surface area contributed by atoms with E-state index in [1.807, 2.05) is 26.0 Å². The topological polar surface area (TPSA) is 102 Å². The van der Waals surface area contributed by atoms with Crippen LogP contribution in [0.4, 0.5) is 0 Å². The van der Waals surface area contributed by atoms with Crippen molar-refractivity contribution in [1.82, 2.24) is 0 Å². The molecule has 1 aromatic carbocycles. The summed E-state index contributed by atoms with van der Waals surface area (Å²) in [5.74, 6) is 1.56. The molecule has 3 heterocycles. The molecule has 2 saturated carbocycles. The average molecular weight is 469 g/mol. The van der Waals surface area contributed by atoms with Gasteiger partial charge in [-0.25, -0.2) is 4.79 Å². The fourth-order valence-corrected chi connectivity index (χ4v) is 7.56. The number of rotatable bonds is 2. The number of methoxy groups -OCH3 is 1. The Labute approximate surface area is 198 Å². The van der Waals surface area contributed by atoms with Gasteiger partial charge in [0.25, 0.3) is 0 Å². The van der Waals surface area contributed by atoms with Gasteiger partial charge in [-0.3, -0.25) is 0 Å². The zero-order chi connectivity index (χ0) is 24.3. The first-order valence-corrected chi connectivity index (χ1v) is 12.0. The number of aliphatic hydroxyl groups excluding tert-OH is 1. The lowest BCUT2D eigenvalue weighted by Gasteiger charge is -2.67. The molecule has 2 aliphatic carbocycles. The molecule has 0 bridgehead atoms. The Morgan fingerprint density at radius 1 is 1.06 bits per heavy atom. The molecule has 6 rings (SSSR count). The molecule has 1 aromatic heterocycles. The summed E-state index contributed by atoms with van der Waals surface area (Å²) in [7, 11) is 1.60. The third-order valence-corrected chi connectivity index (χ3v) is 9.75. The van der Waals surface area contributed by atoms with Crippen molar-refractivity contribution >= 4 is 0 Å². The normalized spacial score (nSPS) is 41.3. The maximum Gasteiger partial charge on any atom is 0.346 e. The first-order chi connectivity index (χ1) is 15.9. The van der Waals surface area contributed by atoms with Crippen LogP contribution in [0.2, 0.25) is 0 Å². The first-order valence-electron chi connectivity index (χ1n) is 12.0. The van der Waals surface area contributed by atoms with E-state index in [1.165, 1.54) is 0 Å². The summed E-state index contributed by atoms with van der Waals surface area (Å²) >= 11 is 0. The number of hydrogen-bond acceptors (Lipinski definition) is 7. The Bertz CT molecular complexity index is 1230. The third-order valence-electron chi connectivity index (χ3n) is 9.75. The van der Waals surface area contributed by atoms with Crippen molar-refractivity contribution in [2.45, 2.75) is 82.4 Å². The highest BCUT2D eigenvalue weighted by Gasteiger charge is 2.88. The van der Waals surface area contributed by atoms with Gasteiger partial charge in [-0.15, -0.1) is 0 Å². The van der Waals surface area contributed by atoms with Crippen LogP contribution in [0.5, 0.6) is 11.5 Å². The van der Waals surface area contributed by atoms with Crippen molar-refractivity contribution < 1.29 is 28.8 Å². The molecule has 3 fully saturated rings. The highest BCUT2D eigenvalue weighted by molar-refractivity contribution is 5.62. The van der Waals surface area contributed by atoms with Gasteiger partial charge in [0.1, 0.15) is 40.1 Å². The van der Waals surface area contributed by atoms with E-state index in [0.717, 1.165) is 5.56 Å². The second-order valence-electron chi connectivity index (χ2n) is 11.5. The molecule has 7 heteroatoms. The van der Waals surface area contributed by atoms with E-state index in [0.29, 0.717) is 48.5 Å². The molecule has 6 atom stereocenters. The molecule has 2 N–H and O–H groups in total. The summed E-state index contributed by atoms with van der Waals surface area (Å²) in [5.41, 5.74) is -3.90. The van der Waals surface area contributed by atoms with Crippen molar-refractivity contribution in [3.8, 4) is 22.8 Å². The van der Waals surface area contributed by atoms with Gasteiger partial charge in [0, 0.05) is 11.6 Å². The summed E-state index contributed by atoms with van der Waals surface area (Å²) in [6.45, 7) is 8.01. The monoisotopic (exact) mass is 468 g/mol. The van der Waals surface area contributed by atoms with E-state index < -0.39 is 45.5 Å². The molecule has 2 aromatic rings. The molecule has 0 amide bonds. The molecule has 34 heavy (non-hydrogen) atoms. The van der Waals surface area contributed by atoms with Crippen LogP contribution in [0.15, 0.2) is 39.5 Å². The van der Waals surface area contributed by atoms with Crippen LogP contribution in [0.1, 0.15) is 65.0 Å². The van der Waals surface area contributed by atoms with E-state index in [1.54, 1.807) is 25.3 Å². The molecular formula is C27H32O7. The minimum atomic E-state index is -1.17. The highest BCUT2D eigenvalue weighted by Crippen LogP contribution is 2.78. The molecule has 4 aliphatic rings. The lowest BCUT2D eigenvalue weighted by atomic mass is 9.41.